The van der Waals surface area contributed by atoms with Crippen LogP contribution >= 0.6 is 11.6 Å². The number of benzene rings is 1. The van der Waals surface area contributed by atoms with Crippen LogP contribution in [-0.2, 0) is 0 Å². The van der Waals surface area contributed by atoms with Gasteiger partial charge in [-0.25, -0.2) is 4.39 Å². The maximum atomic E-state index is 13.0. The molecule has 1 amide bonds. The van der Waals surface area contributed by atoms with Crippen LogP contribution in [0.5, 0.6) is 0 Å². The Balaban J connectivity index is 2.62. The van der Waals surface area contributed by atoms with Gasteiger partial charge >= 0.3 is 0 Å². The van der Waals surface area contributed by atoms with E-state index in [2.05, 4.69) is 15.4 Å². The van der Waals surface area contributed by atoms with E-state index < -0.39 is 11.7 Å². The van der Waals surface area contributed by atoms with E-state index >= 15 is 0 Å². The molecular formula is C9H6ClFN4O. The number of halogens is 2. The van der Waals surface area contributed by atoms with Crippen molar-refractivity contribution in [1.29, 1.82) is 0 Å². The number of carbonyl (C=O) groups is 1. The molecule has 1 aromatic heterocycles. The Labute approximate surface area is 94.4 Å². The lowest BCUT2D eigenvalue weighted by atomic mass is 10.1. The van der Waals surface area contributed by atoms with Gasteiger partial charge in [0.25, 0.3) is 5.91 Å². The average Bonchev–Trinajstić information content (AvgIpc) is 2.70. The molecule has 0 unspecified atom stereocenters. The molecule has 0 aliphatic rings. The van der Waals surface area contributed by atoms with Gasteiger partial charge in [-0.05, 0) is 18.2 Å². The van der Waals surface area contributed by atoms with Gasteiger partial charge in [0.05, 0.1) is 5.02 Å². The van der Waals surface area contributed by atoms with Gasteiger partial charge in [-0.15, -0.1) is 0 Å². The summed E-state index contributed by atoms with van der Waals surface area (Å²) in [7, 11) is 0. The van der Waals surface area contributed by atoms with Crippen LogP contribution in [0.4, 0.5) is 4.39 Å². The van der Waals surface area contributed by atoms with E-state index in [1.807, 2.05) is 0 Å². The number of carbonyl (C=O) groups excluding carboxylic acids is 1. The number of nitrogens with zero attached hydrogens (tertiary/aromatic N) is 2. The summed E-state index contributed by atoms with van der Waals surface area (Å²) in [6.45, 7) is 0. The number of nitrogens with two attached hydrogens (primary N) is 1. The van der Waals surface area contributed by atoms with Gasteiger partial charge in [-0.3, -0.25) is 4.79 Å². The van der Waals surface area contributed by atoms with Crippen LogP contribution in [0.15, 0.2) is 18.2 Å². The minimum atomic E-state index is -0.760. The molecule has 7 heteroatoms. The van der Waals surface area contributed by atoms with Crippen molar-refractivity contribution in [2.75, 3.05) is 0 Å². The predicted molar refractivity (Wildman–Crippen MR) is 55.3 cm³/mol. The minimum absolute atomic E-state index is 0.0764. The number of primary amides is 1. The summed E-state index contributed by atoms with van der Waals surface area (Å²) >= 11 is 5.86. The Bertz CT molecular complexity index is 554. The van der Waals surface area contributed by atoms with Crippen LogP contribution in [0.1, 0.15) is 10.5 Å². The highest BCUT2D eigenvalue weighted by molar-refractivity contribution is 6.33. The normalized spacial score (nSPS) is 10.4. The molecule has 3 N–H and O–H groups in total. The molecule has 16 heavy (non-hydrogen) atoms. The van der Waals surface area contributed by atoms with Crippen molar-refractivity contribution in [3.8, 4) is 11.3 Å². The van der Waals surface area contributed by atoms with Crippen molar-refractivity contribution in [2.45, 2.75) is 0 Å². The van der Waals surface area contributed by atoms with E-state index in [-0.39, 0.29) is 22.0 Å². The minimum Gasteiger partial charge on any atom is -0.364 e. The monoisotopic (exact) mass is 240 g/mol. The summed E-state index contributed by atoms with van der Waals surface area (Å²) in [5.74, 6) is -1.25. The molecule has 0 saturated heterocycles. The lowest BCUT2D eigenvalue weighted by Gasteiger charge is -2.01. The molecule has 0 radical (unpaired) electrons. The first-order valence-electron chi connectivity index (χ1n) is 4.25. The highest BCUT2D eigenvalue weighted by Crippen LogP contribution is 2.28. The molecule has 5 nitrogen and oxygen atoms in total. The third-order valence-electron chi connectivity index (χ3n) is 1.96. The van der Waals surface area contributed by atoms with Gasteiger partial charge < -0.3 is 5.73 Å². The molecule has 1 heterocycles. The Morgan fingerprint density at radius 1 is 1.44 bits per heavy atom. The van der Waals surface area contributed by atoms with Crippen LogP contribution in [0.3, 0.4) is 0 Å². The van der Waals surface area contributed by atoms with Crippen LogP contribution < -0.4 is 5.73 Å². The van der Waals surface area contributed by atoms with Gasteiger partial charge in [-0.2, -0.15) is 15.4 Å². The highest BCUT2D eigenvalue weighted by Gasteiger charge is 2.17. The maximum Gasteiger partial charge on any atom is 0.271 e. The van der Waals surface area contributed by atoms with Gasteiger partial charge in [0.2, 0.25) is 0 Å². The van der Waals surface area contributed by atoms with E-state index in [1.165, 1.54) is 12.1 Å². The molecule has 0 bridgehead atoms. The smallest absolute Gasteiger partial charge is 0.271 e. The third-order valence-corrected chi connectivity index (χ3v) is 2.29. The molecule has 2 rings (SSSR count). The first kappa shape index (κ1) is 10.6. The third kappa shape index (κ3) is 1.74. The number of aromatic amines is 1. The summed E-state index contributed by atoms with van der Waals surface area (Å²) in [4.78, 5) is 11.0. The van der Waals surface area contributed by atoms with E-state index in [9.17, 15) is 9.18 Å². The number of rotatable bonds is 2. The molecule has 1 aromatic carbocycles. The van der Waals surface area contributed by atoms with Gasteiger partial charge in [0.15, 0.2) is 5.69 Å². The fraction of sp³-hybridized carbons (Fsp3) is 0. The lowest BCUT2D eigenvalue weighted by molar-refractivity contribution is 0.0996. The van der Waals surface area contributed by atoms with Crippen molar-refractivity contribution >= 4 is 17.5 Å². The summed E-state index contributed by atoms with van der Waals surface area (Å²) < 4.78 is 13.0. The molecule has 0 saturated carbocycles. The standard InChI is InChI=1S/C9H6ClFN4O/c10-6-2-1-4(11)3-5(6)7-8(9(12)16)14-15-13-7/h1-3H,(H2,12,16)(H,13,14,15). The zero-order chi connectivity index (χ0) is 11.7. The van der Waals surface area contributed by atoms with Crippen molar-refractivity contribution in [3.05, 3.63) is 34.7 Å². The van der Waals surface area contributed by atoms with Gasteiger partial charge in [-0.1, -0.05) is 11.6 Å². The Morgan fingerprint density at radius 2 is 2.19 bits per heavy atom. The summed E-state index contributed by atoms with van der Waals surface area (Å²) in [5, 5.41) is 9.80. The fourth-order valence-electron chi connectivity index (χ4n) is 1.27. The quantitative estimate of drug-likeness (QED) is 0.831. The number of hydrogen-bond donors (Lipinski definition) is 2. The van der Waals surface area contributed by atoms with Crippen molar-refractivity contribution in [2.24, 2.45) is 5.73 Å². The van der Waals surface area contributed by atoms with Gasteiger partial charge in [0.1, 0.15) is 11.5 Å². The van der Waals surface area contributed by atoms with Crippen molar-refractivity contribution in [1.82, 2.24) is 15.4 Å². The van der Waals surface area contributed by atoms with Crippen LogP contribution in [0.25, 0.3) is 11.3 Å². The number of nitrogens with one attached hydrogen (secondary N) is 1. The zero-order valence-electron chi connectivity index (χ0n) is 7.87. The Morgan fingerprint density at radius 3 is 2.88 bits per heavy atom. The largest absolute Gasteiger partial charge is 0.364 e. The number of aromatic nitrogens is 3. The van der Waals surface area contributed by atoms with Crippen molar-refractivity contribution < 1.29 is 9.18 Å². The Hall–Kier alpha value is -1.95. The SMILES string of the molecule is NC(=O)c1n[nH]nc1-c1cc(F)ccc1Cl. The molecule has 0 spiro atoms. The van der Waals surface area contributed by atoms with E-state index in [0.29, 0.717) is 0 Å². The molecule has 0 aliphatic heterocycles. The number of amides is 1. The first-order valence-corrected chi connectivity index (χ1v) is 4.63. The fourth-order valence-corrected chi connectivity index (χ4v) is 1.48. The summed E-state index contributed by atoms with van der Waals surface area (Å²) in [5.41, 5.74) is 5.41. The van der Waals surface area contributed by atoms with Gasteiger partial charge in [0, 0.05) is 5.56 Å². The average molecular weight is 241 g/mol. The maximum absolute atomic E-state index is 13.0. The lowest BCUT2D eigenvalue weighted by Crippen LogP contribution is -2.12. The number of H-pyrrole nitrogens is 1. The zero-order valence-corrected chi connectivity index (χ0v) is 8.62. The molecule has 2 aromatic rings. The van der Waals surface area contributed by atoms with Crippen LogP contribution in [0.2, 0.25) is 5.02 Å². The summed E-state index contributed by atoms with van der Waals surface area (Å²) in [6.07, 6.45) is 0. The molecular weight excluding hydrogens is 235 g/mol. The van der Waals surface area contributed by atoms with Crippen molar-refractivity contribution in [3.63, 3.8) is 0 Å². The molecule has 0 aliphatic carbocycles. The van der Waals surface area contributed by atoms with E-state index in [1.54, 1.807) is 0 Å². The van der Waals surface area contributed by atoms with Crippen LogP contribution in [-0.4, -0.2) is 21.3 Å². The summed E-state index contributed by atoms with van der Waals surface area (Å²) in [6, 6.07) is 3.73. The second-order valence-electron chi connectivity index (χ2n) is 3.01. The molecule has 0 atom stereocenters. The molecule has 0 fully saturated rings. The van der Waals surface area contributed by atoms with E-state index in [4.69, 9.17) is 17.3 Å². The van der Waals surface area contributed by atoms with Crippen LogP contribution in [0, 0.1) is 5.82 Å². The molecule has 82 valence electrons. The number of hydrogen-bond acceptors (Lipinski definition) is 3. The topological polar surface area (TPSA) is 84.7 Å². The first-order chi connectivity index (χ1) is 7.59. The highest BCUT2D eigenvalue weighted by atomic mass is 35.5. The second kappa shape index (κ2) is 3.90. The van der Waals surface area contributed by atoms with E-state index in [0.717, 1.165) is 6.07 Å². The second-order valence-corrected chi connectivity index (χ2v) is 3.42. The predicted octanol–water partition coefficient (Wildman–Crippen LogP) is 1.36. The Kier molecular flexibility index (Phi) is 2.57.